The summed E-state index contributed by atoms with van der Waals surface area (Å²) in [6.07, 6.45) is 5.67. The van der Waals surface area contributed by atoms with Crippen molar-refractivity contribution in [1.82, 2.24) is 9.97 Å². The van der Waals surface area contributed by atoms with E-state index in [-0.39, 0.29) is 5.60 Å². The number of nitrogens with zero attached hydrogens (tertiary/aromatic N) is 2. The highest BCUT2D eigenvalue weighted by molar-refractivity contribution is 5.48. The van der Waals surface area contributed by atoms with E-state index in [2.05, 4.69) is 29.1 Å². The molecule has 1 atom stereocenters. The van der Waals surface area contributed by atoms with E-state index in [1.165, 1.54) is 0 Å². The molecule has 0 aliphatic carbocycles. The van der Waals surface area contributed by atoms with Crippen molar-refractivity contribution in [3.8, 4) is 5.88 Å². The molecule has 0 radical (unpaired) electrons. The Morgan fingerprint density at radius 2 is 2.15 bits per heavy atom. The molecule has 112 valence electrons. The average Bonchev–Trinajstić information content (AvgIpc) is 2.49. The summed E-state index contributed by atoms with van der Waals surface area (Å²) >= 11 is 0. The lowest BCUT2D eigenvalue weighted by atomic mass is 9.86. The standard InChI is InChI=1S/C15H25N3O2/c1-5-15(6-2)9-12(7-8-20-15)18-13-11(3)14(19-4)17-10-16-13/h10,12H,5-9H2,1-4H3,(H,16,17,18). The molecule has 2 heterocycles. The van der Waals surface area contributed by atoms with Crippen LogP contribution in [0, 0.1) is 6.92 Å². The van der Waals surface area contributed by atoms with Crippen LogP contribution in [0.1, 0.15) is 45.1 Å². The lowest BCUT2D eigenvalue weighted by molar-refractivity contribution is -0.0864. The van der Waals surface area contributed by atoms with Crippen molar-refractivity contribution in [1.29, 1.82) is 0 Å². The molecule has 1 aliphatic rings. The van der Waals surface area contributed by atoms with Crippen LogP contribution in [0.15, 0.2) is 6.33 Å². The third-order valence-corrected chi connectivity index (χ3v) is 4.35. The molecule has 1 unspecified atom stereocenters. The van der Waals surface area contributed by atoms with Gasteiger partial charge < -0.3 is 14.8 Å². The lowest BCUT2D eigenvalue weighted by Crippen LogP contribution is -2.43. The van der Waals surface area contributed by atoms with Gasteiger partial charge in [-0.3, -0.25) is 0 Å². The number of methoxy groups -OCH3 is 1. The summed E-state index contributed by atoms with van der Waals surface area (Å²) in [7, 11) is 1.63. The van der Waals surface area contributed by atoms with E-state index >= 15 is 0 Å². The zero-order valence-electron chi connectivity index (χ0n) is 12.9. The Morgan fingerprint density at radius 1 is 1.40 bits per heavy atom. The number of rotatable bonds is 5. The van der Waals surface area contributed by atoms with Gasteiger partial charge in [-0.2, -0.15) is 0 Å². The zero-order chi connectivity index (χ0) is 14.6. The number of nitrogens with one attached hydrogen (secondary N) is 1. The van der Waals surface area contributed by atoms with Gasteiger partial charge in [0.2, 0.25) is 5.88 Å². The molecule has 20 heavy (non-hydrogen) atoms. The first-order valence-corrected chi connectivity index (χ1v) is 7.40. The number of ether oxygens (including phenoxy) is 2. The maximum atomic E-state index is 6.01. The minimum absolute atomic E-state index is 0.0148. The summed E-state index contributed by atoms with van der Waals surface area (Å²) in [4.78, 5) is 8.45. The lowest BCUT2D eigenvalue weighted by Gasteiger charge is -2.40. The zero-order valence-corrected chi connectivity index (χ0v) is 12.9. The van der Waals surface area contributed by atoms with E-state index in [1.54, 1.807) is 13.4 Å². The van der Waals surface area contributed by atoms with Crippen LogP contribution in [0.2, 0.25) is 0 Å². The first kappa shape index (κ1) is 15.0. The molecule has 0 saturated carbocycles. The van der Waals surface area contributed by atoms with Crippen LogP contribution in [0.4, 0.5) is 5.82 Å². The highest BCUT2D eigenvalue weighted by Crippen LogP contribution is 2.33. The van der Waals surface area contributed by atoms with Gasteiger partial charge in [0, 0.05) is 12.6 Å². The van der Waals surface area contributed by atoms with Crippen LogP contribution in [0.3, 0.4) is 0 Å². The van der Waals surface area contributed by atoms with Crippen molar-refractivity contribution < 1.29 is 9.47 Å². The fourth-order valence-electron chi connectivity index (χ4n) is 2.87. The topological polar surface area (TPSA) is 56.3 Å². The summed E-state index contributed by atoms with van der Waals surface area (Å²) < 4.78 is 11.3. The molecule has 1 N–H and O–H groups in total. The molecular formula is C15H25N3O2. The number of hydrogen-bond donors (Lipinski definition) is 1. The second-order valence-corrected chi connectivity index (χ2v) is 5.43. The maximum Gasteiger partial charge on any atom is 0.221 e. The number of aromatic nitrogens is 2. The monoisotopic (exact) mass is 279 g/mol. The van der Waals surface area contributed by atoms with Gasteiger partial charge in [-0.15, -0.1) is 0 Å². The Hall–Kier alpha value is -1.36. The van der Waals surface area contributed by atoms with Gasteiger partial charge >= 0.3 is 0 Å². The third kappa shape index (κ3) is 3.03. The number of hydrogen-bond acceptors (Lipinski definition) is 5. The SMILES string of the molecule is CCC1(CC)CC(Nc2ncnc(OC)c2C)CCO1. The molecule has 1 fully saturated rings. The number of anilines is 1. The summed E-state index contributed by atoms with van der Waals surface area (Å²) in [5, 5.41) is 3.54. The molecule has 5 heteroatoms. The molecule has 0 amide bonds. The van der Waals surface area contributed by atoms with Gasteiger partial charge in [-0.05, 0) is 32.6 Å². The fourth-order valence-corrected chi connectivity index (χ4v) is 2.87. The minimum atomic E-state index is 0.0148. The second kappa shape index (κ2) is 6.39. The fraction of sp³-hybridized carbons (Fsp3) is 0.733. The Balaban J connectivity index is 2.10. The van der Waals surface area contributed by atoms with Gasteiger partial charge in [0.25, 0.3) is 0 Å². The van der Waals surface area contributed by atoms with Crippen molar-refractivity contribution in [3.05, 3.63) is 11.9 Å². The molecule has 1 aromatic heterocycles. The highest BCUT2D eigenvalue weighted by Gasteiger charge is 2.34. The minimum Gasteiger partial charge on any atom is -0.481 e. The van der Waals surface area contributed by atoms with Gasteiger partial charge in [-0.25, -0.2) is 9.97 Å². The normalized spacial score (nSPS) is 21.5. The van der Waals surface area contributed by atoms with Gasteiger partial charge in [0.15, 0.2) is 0 Å². The van der Waals surface area contributed by atoms with E-state index in [9.17, 15) is 0 Å². The summed E-state index contributed by atoms with van der Waals surface area (Å²) in [5.41, 5.74) is 0.973. The molecule has 1 aromatic rings. The largest absolute Gasteiger partial charge is 0.481 e. The summed E-state index contributed by atoms with van der Waals surface area (Å²) in [6, 6.07) is 0.391. The van der Waals surface area contributed by atoms with E-state index in [1.807, 2.05) is 6.92 Å². The van der Waals surface area contributed by atoms with E-state index < -0.39 is 0 Å². The summed E-state index contributed by atoms with van der Waals surface area (Å²) in [6.45, 7) is 7.18. The molecule has 0 spiro atoms. The van der Waals surface area contributed by atoms with Crippen LogP contribution in [-0.4, -0.2) is 35.3 Å². The predicted octanol–water partition coefficient (Wildman–Crippen LogP) is 2.94. The Morgan fingerprint density at radius 3 is 2.80 bits per heavy atom. The molecule has 5 nitrogen and oxygen atoms in total. The van der Waals surface area contributed by atoms with Gasteiger partial charge in [0.05, 0.1) is 18.3 Å². The molecule has 0 aromatic carbocycles. The van der Waals surface area contributed by atoms with E-state index in [4.69, 9.17) is 9.47 Å². The third-order valence-electron chi connectivity index (χ3n) is 4.35. The van der Waals surface area contributed by atoms with Gasteiger partial charge in [0.1, 0.15) is 12.1 Å². The first-order chi connectivity index (χ1) is 9.64. The van der Waals surface area contributed by atoms with Crippen LogP contribution in [-0.2, 0) is 4.74 Å². The van der Waals surface area contributed by atoms with Crippen LogP contribution >= 0.6 is 0 Å². The predicted molar refractivity (Wildman–Crippen MR) is 79.2 cm³/mol. The Kier molecular flexibility index (Phi) is 4.81. The molecule has 1 aliphatic heterocycles. The van der Waals surface area contributed by atoms with Crippen LogP contribution in [0.25, 0.3) is 0 Å². The smallest absolute Gasteiger partial charge is 0.221 e. The van der Waals surface area contributed by atoms with E-state index in [0.29, 0.717) is 11.9 Å². The molecule has 2 rings (SSSR count). The quantitative estimate of drug-likeness (QED) is 0.898. The summed E-state index contributed by atoms with van der Waals surface area (Å²) in [5.74, 6) is 1.50. The first-order valence-electron chi connectivity index (χ1n) is 7.40. The van der Waals surface area contributed by atoms with Crippen molar-refractivity contribution >= 4 is 5.82 Å². The Bertz CT molecular complexity index is 447. The highest BCUT2D eigenvalue weighted by atomic mass is 16.5. The van der Waals surface area contributed by atoms with Crippen molar-refractivity contribution in [2.45, 2.75) is 58.1 Å². The van der Waals surface area contributed by atoms with Crippen molar-refractivity contribution in [2.24, 2.45) is 0 Å². The van der Waals surface area contributed by atoms with Crippen LogP contribution in [0.5, 0.6) is 5.88 Å². The Labute approximate surface area is 121 Å². The van der Waals surface area contributed by atoms with Crippen LogP contribution < -0.4 is 10.1 Å². The second-order valence-electron chi connectivity index (χ2n) is 5.43. The van der Waals surface area contributed by atoms with Gasteiger partial charge in [-0.1, -0.05) is 13.8 Å². The molecular weight excluding hydrogens is 254 g/mol. The van der Waals surface area contributed by atoms with E-state index in [0.717, 1.165) is 43.7 Å². The molecule has 0 bridgehead atoms. The average molecular weight is 279 g/mol. The van der Waals surface area contributed by atoms with Crippen molar-refractivity contribution in [3.63, 3.8) is 0 Å². The maximum absolute atomic E-state index is 6.01. The van der Waals surface area contributed by atoms with Crippen molar-refractivity contribution in [2.75, 3.05) is 19.0 Å². The molecule has 1 saturated heterocycles.